The molecule has 0 aromatic carbocycles. The van der Waals surface area contributed by atoms with Crippen LogP contribution in [0.3, 0.4) is 0 Å². The number of likely N-dealkylation sites (tertiary alicyclic amines) is 1. The van der Waals surface area contributed by atoms with Gasteiger partial charge in [-0.05, 0) is 33.6 Å². The summed E-state index contributed by atoms with van der Waals surface area (Å²) in [6.07, 6.45) is 2.05. The molecule has 1 N–H and O–H groups in total. The van der Waals surface area contributed by atoms with Crippen molar-refractivity contribution in [3.8, 4) is 0 Å². The van der Waals surface area contributed by atoms with Gasteiger partial charge >= 0.3 is 17.7 Å². The van der Waals surface area contributed by atoms with Crippen molar-refractivity contribution in [1.29, 1.82) is 0 Å². The summed E-state index contributed by atoms with van der Waals surface area (Å²) < 4.78 is 9.91. The maximum Gasteiger partial charge on any atom is 0.410 e. The average Bonchev–Trinajstić information content (AvgIpc) is 2.60. The van der Waals surface area contributed by atoms with Crippen LogP contribution < -0.4 is 5.32 Å². The Kier molecular flexibility index (Phi) is 6.19. The number of hydrogen-bond acceptors (Lipinski definition) is 8. The van der Waals surface area contributed by atoms with E-state index in [1.165, 1.54) is 13.3 Å². The van der Waals surface area contributed by atoms with Crippen LogP contribution in [0.25, 0.3) is 0 Å². The number of pyridine rings is 1. The van der Waals surface area contributed by atoms with Crippen molar-refractivity contribution in [1.82, 2.24) is 9.88 Å². The normalized spacial score (nSPS) is 15.2. The van der Waals surface area contributed by atoms with Crippen molar-refractivity contribution in [2.45, 2.75) is 45.3 Å². The lowest BCUT2D eigenvalue weighted by molar-refractivity contribution is -0.384. The standard InChI is InChI=1S/C17H24N4O6/c1-17(2,3)27-16(23)20-7-5-12(6-8-20)19-14-13(21(24)25)9-11(10-18-14)15(22)26-4/h9-10,12H,5-8H2,1-4H3,(H,18,19). The third-order valence-electron chi connectivity index (χ3n) is 3.97. The monoisotopic (exact) mass is 380 g/mol. The van der Waals surface area contributed by atoms with Gasteiger partial charge in [-0.3, -0.25) is 10.1 Å². The van der Waals surface area contributed by atoms with Gasteiger partial charge in [0.25, 0.3) is 0 Å². The van der Waals surface area contributed by atoms with E-state index in [9.17, 15) is 19.7 Å². The maximum atomic E-state index is 12.1. The van der Waals surface area contributed by atoms with Gasteiger partial charge in [-0.2, -0.15) is 0 Å². The molecule has 0 atom stereocenters. The lowest BCUT2D eigenvalue weighted by Gasteiger charge is -2.33. The number of carbonyl (C=O) groups is 2. The van der Waals surface area contributed by atoms with E-state index in [4.69, 9.17) is 4.74 Å². The minimum atomic E-state index is -0.692. The summed E-state index contributed by atoms with van der Waals surface area (Å²) >= 11 is 0. The van der Waals surface area contributed by atoms with Crippen molar-refractivity contribution < 1.29 is 24.0 Å². The first kappa shape index (κ1) is 20.4. The summed E-state index contributed by atoms with van der Waals surface area (Å²) in [7, 11) is 1.19. The lowest BCUT2D eigenvalue weighted by atomic mass is 10.1. The van der Waals surface area contributed by atoms with E-state index in [1.807, 2.05) is 20.8 Å². The van der Waals surface area contributed by atoms with Gasteiger partial charge in [0.05, 0.1) is 17.6 Å². The number of rotatable bonds is 4. The van der Waals surface area contributed by atoms with Crippen molar-refractivity contribution in [2.24, 2.45) is 0 Å². The molecule has 10 heteroatoms. The Balaban J connectivity index is 2.01. The van der Waals surface area contributed by atoms with Gasteiger partial charge in [0.15, 0.2) is 0 Å². The Bertz CT molecular complexity index is 723. The molecule has 148 valence electrons. The molecule has 0 saturated carbocycles. The Morgan fingerprint density at radius 2 is 1.96 bits per heavy atom. The summed E-state index contributed by atoms with van der Waals surface area (Å²) in [6.45, 7) is 6.37. The van der Waals surface area contributed by atoms with Gasteiger partial charge in [-0.25, -0.2) is 14.6 Å². The van der Waals surface area contributed by atoms with Crippen LogP contribution in [0.2, 0.25) is 0 Å². The third-order valence-corrected chi connectivity index (χ3v) is 3.97. The molecule has 1 amide bonds. The fraction of sp³-hybridized carbons (Fsp3) is 0.588. The summed E-state index contributed by atoms with van der Waals surface area (Å²) in [5.41, 5.74) is -0.847. The second-order valence-corrected chi connectivity index (χ2v) is 7.23. The molecular formula is C17H24N4O6. The number of ether oxygens (including phenoxy) is 2. The second-order valence-electron chi connectivity index (χ2n) is 7.23. The molecule has 27 heavy (non-hydrogen) atoms. The van der Waals surface area contributed by atoms with E-state index in [-0.39, 0.29) is 29.2 Å². The zero-order valence-electron chi connectivity index (χ0n) is 15.9. The topological polar surface area (TPSA) is 124 Å². The highest BCUT2D eigenvalue weighted by atomic mass is 16.6. The fourth-order valence-corrected chi connectivity index (χ4v) is 2.66. The molecule has 1 saturated heterocycles. The van der Waals surface area contributed by atoms with Crippen LogP contribution in [0, 0.1) is 10.1 Å². The minimum Gasteiger partial charge on any atom is -0.465 e. The van der Waals surface area contributed by atoms with E-state index in [2.05, 4.69) is 15.0 Å². The molecule has 0 aliphatic carbocycles. The van der Waals surface area contributed by atoms with E-state index in [0.29, 0.717) is 25.9 Å². The Hall–Kier alpha value is -2.91. The molecule has 0 unspecified atom stereocenters. The summed E-state index contributed by atoms with van der Waals surface area (Å²) in [5.74, 6) is -0.605. The number of nitro groups is 1. The van der Waals surface area contributed by atoms with Crippen LogP contribution in [0.15, 0.2) is 12.3 Å². The lowest BCUT2D eigenvalue weighted by Crippen LogP contribution is -2.44. The summed E-state index contributed by atoms with van der Waals surface area (Å²) in [6, 6.07) is 1.05. The summed E-state index contributed by atoms with van der Waals surface area (Å²) in [5, 5.41) is 14.3. The molecule has 0 radical (unpaired) electrons. The number of amides is 1. The number of aromatic nitrogens is 1. The van der Waals surface area contributed by atoms with Gasteiger partial charge in [0, 0.05) is 31.4 Å². The van der Waals surface area contributed by atoms with Crippen molar-refractivity contribution in [3.63, 3.8) is 0 Å². The van der Waals surface area contributed by atoms with Gasteiger partial charge in [-0.1, -0.05) is 0 Å². The van der Waals surface area contributed by atoms with E-state index < -0.39 is 16.5 Å². The van der Waals surface area contributed by atoms with Gasteiger partial charge in [0.2, 0.25) is 5.82 Å². The number of nitrogens with zero attached hydrogens (tertiary/aromatic N) is 3. The van der Waals surface area contributed by atoms with Crippen molar-refractivity contribution >= 4 is 23.6 Å². The molecule has 1 aromatic rings. The third kappa shape index (κ3) is 5.53. The van der Waals surface area contributed by atoms with Gasteiger partial charge in [0.1, 0.15) is 5.60 Å². The highest BCUT2D eigenvalue weighted by Crippen LogP contribution is 2.26. The zero-order valence-corrected chi connectivity index (χ0v) is 15.9. The number of carbonyl (C=O) groups excluding carboxylic acids is 2. The minimum absolute atomic E-state index is 0.00879. The van der Waals surface area contributed by atoms with Gasteiger partial charge in [-0.15, -0.1) is 0 Å². The van der Waals surface area contributed by atoms with Crippen LogP contribution in [0.4, 0.5) is 16.3 Å². The molecular weight excluding hydrogens is 356 g/mol. The molecule has 2 heterocycles. The first-order valence-corrected chi connectivity index (χ1v) is 8.58. The predicted molar refractivity (Wildman–Crippen MR) is 96.7 cm³/mol. The zero-order chi connectivity index (χ0) is 20.2. The average molecular weight is 380 g/mol. The van der Waals surface area contributed by atoms with Crippen LogP contribution >= 0.6 is 0 Å². The first-order valence-electron chi connectivity index (χ1n) is 8.58. The van der Waals surface area contributed by atoms with Crippen molar-refractivity contribution in [3.05, 3.63) is 27.9 Å². The van der Waals surface area contributed by atoms with Crippen LogP contribution in [-0.4, -0.2) is 58.7 Å². The van der Waals surface area contributed by atoms with Crippen LogP contribution in [0.1, 0.15) is 44.0 Å². The Morgan fingerprint density at radius 3 is 2.48 bits per heavy atom. The fourth-order valence-electron chi connectivity index (χ4n) is 2.66. The Morgan fingerprint density at radius 1 is 1.33 bits per heavy atom. The molecule has 1 fully saturated rings. The highest BCUT2D eigenvalue weighted by molar-refractivity contribution is 5.90. The highest BCUT2D eigenvalue weighted by Gasteiger charge is 2.28. The molecule has 1 aliphatic heterocycles. The van der Waals surface area contributed by atoms with Crippen LogP contribution in [0.5, 0.6) is 0 Å². The largest absolute Gasteiger partial charge is 0.465 e. The van der Waals surface area contributed by atoms with Crippen molar-refractivity contribution in [2.75, 3.05) is 25.5 Å². The van der Waals surface area contributed by atoms with E-state index in [1.54, 1.807) is 4.90 Å². The number of hydrogen-bond donors (Lipinski definition) is 1. The van der Waals surface area contributed by atoms with Crippen LogP contribution in [-0.2, 0) is 9.47 Å². The number of methoxy groups -OCH3 is 1. The molecule has 0 spiro atoms. The number of nitrogens with one attached hydrogen (secondary N) is 1. The quantitative estimate of drug-likeness (QED) is 0.480. The summed E-state index contributed by atoms with van der Waals surface area (Å²) in [4.78, 5) is 40.0. The van der Waals surface area contributed by atoms with Gasteiger partial charge < -0.3 is 19.7 Å². The number of esters is 1. The van der Waals surface area contributed by atoms with E-state index >= 15 is 0 Å². The number of piperidine rings is 1. The smallest absolute Gasteiger partial charge is 0.410 e. The molecule has 2 rings (SSSR count). The predicted octanol–water partition coefficient (Wildman–Crippen LogP) is 2.59. The SMILES string of the molecule is COC(=O)c1cnc(NC2CCN(C(=O)OC(C)(C)C)CC2)c([N+](=O)[O-])c1. The maximum absolute atomic E-state index is 12.1. The second kappa shape index (κ2) is 8.19. The van der Waals surface area contributed by atoms with E-state index in [0.717, 1.165) is 6.07 Å². The molecule has 0 bridgehead atoms. The number of anilines is 1. The Labute approximate surface area is 157 Å². The molecule has 10 nitrogen and oxygen atoms in total. The molecule has 1 aromatic heterocycles. The first-order chi connectivity index (χ1) is 12.6. The molecule has 1 aliphatic rings.